The molecule has 0 aromatic heterocycles. The fourth-order valence-corrected chi connectivity index (χ4v) is 2.80. The number of nitrogens with one attached hydrogen (secondary N) is 2. The van der Waals surface area contributed by atoms with Gasteiger partial charge >= 0.3 is 0 Å². The van der Waals surface area contributed by atoms with E-state index in [4.69, 9.17) is 9.47 Å². The average molecular weight is 372 g/mol. The van der Waals surface area contributed by atoms with E-state index in [1.54, 1.807) is 7.11 Å². The molecule has 1 aromatic carbocycles. The molecule has 1 saturated heterocycles. The third kappa shape index (κ3) is 6.93. The van der Waals surface area contributed by atoms with Crippen LogP contribution in [0.3, 0.4) is 0 Å². The van der Waals surface area contributed by atoms with Crippen molar-refractivity contribution in [1.82, 2.24) is 15.5 Å². The second-order valence-electron chi connectivity index (χ2n) is 6.40. The standard InChI is InChI=1S/C20H28N4O3/c1-16(17-4-6-19(26-2)7-5-17)23-20(25)18(14-21)15-22-8-3-9-24-10-12-27-13-11-24/h4-7,15-16,22H,3,8-13H2,1-2H3,(H,23,25)/b18-15-. The van der Waals surface area contributed by atoms with Crippen LogP contribution >= 0.6 is 0 Å². The van der Waals surface area contributed by atoms with Crippen LogP contribution in [0.5, 0.6) is 5.75 Å². The van der Waals surface area contributed by atoms with Gasteiger partial charge in [0.2, 0.25) is 0 Å². The second kappa shape index (κ2) is 11.2. The van der Waals surface area contributed by atoms with Crippen LogP contribution in [0.1, 0.15) is 24.9 Å². The quantitative estimate of drug-likeness (QED) is 0.389. The molecule has 1 fully saturated rings. The van der Waals surface area contributed by atoms with E-state index in [1.165, 1.54) is 6.20 Å². The Morgan fingerprint density at radius 3 is 2.70 bits per heavy atom. The van der Waals surface area contributed by atoms with Crippen molar-refractivity contribution in [3.63, 3.8) is 0 Å². The maximum absolute atomic E-state index is 12.3. The molecule has 1 aromatic rings. The number of benzene rings is 1. The van der Waals surface area contributed by atoms with Crippen molar-refractivity contribution < 1.29 is 14.3 Å². The van der Waals surface area contributed by atoms with E-state index in [-0.39, 0.29) is 17.5 Å². The number of rotatable bonds is 9. The van der Waals surface area contributed by atoms with Crippen LogP contribution in [0.25, 0.3) is 0 Å². The van der Waals surface area contributed by atoms with Crippen molar-refractivity contribution in [2.75, 3.05) is 46.5 Å². The van der Waals surface area contributed by atoms with Gasteiger partial charge in [-0.1, -0.05) is 12.1 Å². The van der Waals surface area contributed by atoms with Gasteiger partial charge in [0, 0.05) is 25.8 Å². The molecule has 0 bridgehead atoms. The maximum atomic E-state index is 12.3. The van der Waals surface area contributed by atoms with Crippen LogP contribution in [0.15, 0.2) is 36.0 Å². The van der Waals surface area contributed by atoms with E-state index >= 15 is 0 Å². The normalized spacial score (nSPS) is 16.3. The predicted octanol–water partition coefficient (Wildman–Crippen LogP) is 1.59. The third-order valence-electron chi connectivity index (χ3n) is 4.47. The van der Waals surface area contributed by atoms with Gasteiger partial charge in [-0.15, -0.1) is 0 Å². The molecule has 146 valence electrons. The summed E-state index contributed by atoms with van der Waals surface area (Å²) in [4.78, 5) is 14.7. The van der Waals surface area contributed by atoms with Crippen LogP contribution < -0.4 is 15.4 Å². The molecule has 7 heteroatoms. The monoisotopic (exact) mass is 372 g/mol. The molecule has 1 unspecified atom stereocenters. The number of nitrogens with zero attached hydrogens (tertiary/aromatic N) is 2. The first-order valence-electron chi connectivity index (χ1n) is 9.22. The van der Waals surface area contributed by atoms with Gasteiger partial charge in [-0.05, 0) is 37.6 Å². The van der Waals surface area contributed by atoms with Crippen LogP contribution in [0, 0.1) is 11.3 Å². The number of morpholine rings is 1. The SMILES string of the molecule is COc1ccc(C(C)NC(=O)/C(C#N)=C\NCCCN2CCOCC2)cc1. The third-order valence-corrected chi connectivity index (χ3v) is 4.47. The molecule has 0 saturated carbocycles. The number of hydrogen-bond donors (Lipinski definition) is 2. The number of ether oxygens (including phenoxy) is 2. The number of hydrogen-bond acceptors (Lipinski definition) is 6. The van der Waals surface area contributed by atoms with Crippen molar-refractivity contribution in [3.8, 4) is 11.8 Å². The molecule has 0 radical (unpaired) electrons. The highest BCUT2D eigenvalue weighted by Gasteiger charge is 2.14. The largest absolute Gasteiger partial charge is 0.497 e. The Balaban J connectivity index is 1.76. The molecule has 7 nitrogen and oxygen atoms in total. The van der Waals surface area contributed by atoms with Gasteiger partial charge in [0.25, 0.3) is 5.91 Å². The number of methoxy groups -OCH3 is 1. The Morgan fingerprint density at radius 2 is 2.07 bits per heavy atom. The number of amides is 1. The fraction of sp³-hybridized carbons (Fsp3) is 0.500. The summed E-state index contributed by atoms with van der Waals surface area (Å²) in [6.07, 6.45) is 2.44. The fourth-order valence-electron chi connectivity index (χ4n) is 2.80. The molecule has 1 aliphatic heterocycles. The van der Waals surface area contributed by atoms with Gasteiger partial charge in [-0.25, -0.2) is 0 Å². The van der Waals surface area contributed by atoms with Crippen molar-refractivity contribution >= 4 is 5.91 Å². The van der Waals surface area contributed by atoms with Gasteiger partial charge in [0.05, 0.1) is 26.4 Å². The molecule has 0 aliphatic carbocycles. The van der Waals surface area contributed by atoms with Crippen molar-refractivity contribution in [3.05, 3.63) is 41.6 Å². The Hall–Kier alpha value is -2.56. The lowest BCUT2D eigenvalue weighted by molar-refractivity contribution is -0.117. The Kier molecular flexibility index (Phi) is 8.62. The van der Waals surface area contributed by atoms with E-state index < -0.39 is 0 Å². The van der Waals surface area contributed by atoms with E-state index in [2.05, 4.69) is 15.5 Å². The first-order chi connectivity index (χ1) is 13.1. The molecule has 0 spiro atoms. The first-order valence-corrected chi connectivity index (χ1v) is 9.22. The zero-order valence-corrected chi connectivity index (χ0v) is 16.0. The summed E-state index contributed by atoms with van der Waals surface area (Å²) in [6, 6.07) is 9.22. The minimum atomic E-state index is -0.388. The summed E-state index contributed by atoms with van der Waals surface area (Å²) >= 11 is 0. The first kappa shape index (κ1) is 20.7. The van der Waals surface area contributed by atoms with Crippen LogP contribution in [0.4, 0.5) is 0 Å². The molecular weight excluding hydrogens is 344 g/mol. The van der Waals surface area contributed by atoms with Crippen LogP contribution in [-0.4, -0.2) is 57.3 Å². The molecule has 2 N–H and O–H groups in total. The molecule has 27 heavy (non-hydrogen) atoms. The summed E-state index contributed by atoms with van der Waals surface area (Å²) in [6.45, 7) is 7.08. The van der Waals surface area contributed by atoms with E-state index in [1.807, 2.05) is 37.3 Å². The zero-order valence-electron chi connectivity index (χ0n) is 16.0. The summed E-state index contributed by atoms with van der Waals surface area (Å²) in [5.41, 5.74) is 1.02. The predicted molar refractivity (Wildman–Crippen MR) is 103 cm³/mol. The topological polar surface area (TPSA) is 86.6 Å². The van der Waals surface area contributed by atoms with Gasteiger partial charge < -0.3 is 20.1 Å². The highest BCUT2D eigenvalue weighted by atomic mass is 16.5. The molecular formula is C20H28N4O3. The van der Waals surface area contributed by atoms with E-state index in [0.717, 1.165) is 50.6 Å². The molecule has 1 aliphatic rings. The second-order valence-corrected chi connectivity index (χ2v) is 6.40. The number of nitriles is 1. The van der Waals surface area contributed by atoms with Crippen molar-refractivity contribution in [2.24, 2.45) is 0 Å². The summed E-state index contributed by atoms with van der Waals surface area (Å²) in [5.74, 6) is 0.373. The lowest BCUT2D eigenvalue weighted by Gasteiger charge is -2.26. The van der Waals surface area contributed by atoms with Gasteiger partial charge in [-0.3, -0.25) is 9.69 Å². The van der Waals surface area contributed by atoms with E-state index in [0.29, 0.717) is 6.54 Å². The highest BCUT2D eigenvalue weighted by Crippen LogP contribution is 2.17. The number of carbonyl (C=O) groups is 1. The Labute approximate surface area is 160 Å². The van der Waals surface area contributed by atoms with Crippen molar-refractivity contribution in [1.29, 1.82) is 5.26 Å². The molecule has 1 amide bonds. The van der Waals surface area contributed by atoms with Gasteiger partial charge in [-0.2, -0.15) is 5.26 Å². The van der Waals surface area contributed by atoms with E-state index in [9.17, 15) is 10.1 Å². The average Bonchev–Trinajstić information content (AvgIpc) is 2.71. The summed E-state index contributed by atoms with van der Waals surface area (Å²) in [5, 5.41) is 15.2. The highest BCUT2D eigenvalue weighted by molar-refractivity contribution is 5.97. The van der Waals surface area contributed by atoms with Gasteiger partial charge in [0.1, 0.15) is 17.4 Å². The Bertz CT molecular complexity index is 661. The molecule has 1 heterocycles. The van der Waals surface area contributed by atoms with Crippen molar-refractivity contribution in [2.45, 2.75) is 19.4 Å². The van der Waals surface area contributed by atoms with Gasteiger partial charge in [0.15, 0.2) is 0 Å². The molecule has 1 atom stereocenters. The number of carbonyl (C=O) groups excluding carboxylic acids is 1. The minimum Gasteiger partial charge on any atom is -0.497 e. The summed E-state index contributed by atoms with van der Waals surface area (Å²) < 4.78 is 10.5. The lowest BCUT2D eigenvalue weighted by atomic mass is 10.1. The maximum Gasteiger partial charge on any atom is 0.263 e. The van der Waals surface area contributed by atoms with Crippen LogP contribution in [-0.2, 0) is 9.53 Å². The smallest absolute Gasteiger partial charge is 0.263 e. The molecule has 2 rings (SSSR count). The van der Waals surface area contributed by atoms with Crippen LogP contribution in [0.2, 0.25) is 0 Å². The Morgan fingerprint density at radius 1 is 1.37 bits per heavy atom. The summed E-state index contributed by atoms with van der Waals surface area (Å²) in [7, 11) is 1.61. The zero-order chi connectivity index (χ0) is 19.5. The minimum absolute atomic E-state index is 0.0711. The lowest BCUT2D eigenvalue weighted by Crippen LogP contribution is -2.37.